The molecule has 0 radical (unpaired) electrons. The molecule has 11 heteroatoms. The van der Waals surface area contributed by atoms with E-state index in [2.05, 4.69) is 25.6 Å². The van der Waals surface area contributed by atoms with Crippen molar-refractivity contribution < 1.29 is 18.0 Å². The number of aromatic nitrogens is 3. The predicted molar refractivity (Wildman–Crippen MR) is 116 cm³/mol. The number of hydrogen-bond acceptors (Lipinski definition) is 6. The van der Waals surface area contributed by atoms with Crippen LogP contribution in [0.4, 0.5) is 13.2 Å². The maximum absolute atomic E-state index is 12.8. The van der Waals surface area contributed by atoms with E-state index in [4.69, 9.17) is 0 Å². The number of para-hydroxylation sites is 2. The average Bonchev–Trinajstić information content (AvgIpc) is 3.35. The van der Waals surface area contributed by atoms with Gasteiger partial charge >= 0.3 is 6.18 Å². The molecular weight excluding hydrogens is 441 g/mol. The van der Waals surface area contributed by atoms with E-state index in [0.29, 0.717) is 37.4 Å². The van der Waals surface area contributed by atoms with Crippen molar-refractivity contribution in [3.63, 3.8) is 0 Å². The van der Waals surface area contributed by atoms with Gasteiger partial charge < -0.3 is 20.5 Å². The highest BCUT2D eigenvalue weighted by molar-refractivity contribution is 8.02. The van der Waals surface area contributed by atoms with Gasteiger partial charge in [-0.2, -0.15) is 13.2 Å². The number of hydrogen-bond donors (Lipinski definition) is 3. The van der Waals surface area contributed by atoms with Crippen molar-refractivity contribution in [3.8, 4) is 0 Å². The Morgan fingerprint density at radius 1 is 1.22 bits per heavy atom. The molecule has 7 nitrogen and oxygen atoms in total. The third-order valence-corrected chi connectivity index (χ3v) is 6.13. The minimum absolute atomic E-state index is 0.0166. The molecule has 0 fully saturated rings. The lowest BCUT2D eigenvalue weighted by molar-refractivity contribution is -0.141. The molecule has 0 bridgehead atoms. The largest absolute Gasteiger partial charge is 0.433 e. The van der Waals surface area contributed by atoms with Gasteiger partial charge in [-0.15, -0.1) is 11.8 Å². The third-order valence-electron chi connectivity index (χ3n) is 4.97. The number of aromatic amines is 1. The number of fused-ring (bicyclic) bond motifs is 1. The summed E-state index contributed by atoms with van der Waals surface area (Å²) in [7, 11) is 0. The van der Waals surface area contributed by atoms with E-state index in [1.807, 2.05) is 34.6 Å². The molecular formula is C21H21F3N6OS. The van der Waals surface area contributed by atoms with Crippen LogP contribution in [-0.2, 0) is 24.1 Å². The quantitative estimate of drug-likeness (QED) is 0.333. The standard InChI is InChI=1S/C21H21F3N6OS/c22-21(23,24)17-6-5-14(9-26-17)11-30-19(27-13-31)12-32-20(30)7-8-25-10-18-28-15-3-1-2-4-16(15)29-18/h1-6,9,12-13,20,25H,7-8,10-11H2,(H,27,31)(H,28,29). The maximum atomic E-state index is 12.8. The number of nitrogens with one attached hydrogen (secondary N) is 3. The van der Waals surface area contributed by atoms with E-state index in [-0.39, 0.29) is 5.37 Å². The van der Waals surface area contributed by atoms with Crippen LogP contribution in [0.2, 0.25) is 0 Å². The van der Waals surface area contributed by atoms with Crippen molar-refractivity contribution in [3.05, 3.63) is 70.9 Å². The van der Waals surface area contributed by atoms with Crippen LogP contribution in [0.15, 0.2) is 53.8 Å². The molecule has 168 valence electrons. The summed E-state index contributed by atoms with van der Waals surface area (Å²) in [6.45, 7) is 1.61. The Labute approximate surface area is 186 Å². The Balaban J connectivity index is 1.34. The van der Waals surface area contributed by atoms with E-state index >= 15 is 0 Å². The number of H-pyrrole nitrogens is 1. The topological polar surface area (TPSA) is 85.9 Å². The van der Waals surface area contributed by atoms with Gasteiger partial charge in [-0.1, -0.05) is 18.2 Å². The Hall–Kier alpha value is -3.05. The summed E-state index contributed by atoms with van der Waals surface area (Å²) in [5, 5.41) is 7.88. The molecule has 2 aromatic heterocycles. The number of carbonyl (C=O) groups excluding carboxylic acids is 1. The molecule has 3 N–H and O–H groups in total. The number of rotatable bonds is 9. The van der Waals surface area contributed by atoms with Crippen molar-refractivity contribution >= 4 is 29.2 Å². The van der Waals surface area contributed by atoms with Gasteiger partial charge in [0.1, 0.15) is 17.3 Å². The molecule has 3 aromatic rings. The monoisotopic (exact) mass is 462 g/mol. The molecule has 0 saturated heterocycles. The van der Waals surface area contributed by atoms with Crippen LogP contribution in [0, 0.1) is 0 Å². The second kappa shape index (κ2) is 9.61. The fourth-order valence-corrected chi connectivity index (χ4v) is 4.51. The summed E-state index contributed by atoms with van der Waals surface area (Å²) in [4.78, 5) is 24.2. The molecule has 1 aromatic carbocycles. The lowest BCUT2D eigenvalue weighted by Crippen LogP contribution is -2.35. The van der Waals surface area contributed by atoms with Crippen molar-refractivity contribution in [2.75, 3.05) is 6.54 Å². The van der Waals surface area contributed by atoms with Crippen molar-refractivity contribution in [2.45, 2.75) is 31.1 Å². The highest BCUT2D eigenvalue weighted by Crippen LogP contribution is 2.33. The normalized spacial score (nSPS) is 16.4. The zero-order valence-electron chi connectivity index (χ0n) is 16.9. The third kappa shape index (κ3) is 5.22. The molecule has 32 heavy (non-hydrogen) atoms. The fraction of sp³-hybridized carbons (Fsp3) is 0.286. The molecule has 0 spiro atoms. The van der Waals surface area contributed by atoms with Crippen LogP contribution < -0.4 is 10.6 Å². The van der Waals surface area contributed by atoms with Crippen molar-refractivity contribution in [2.24, 2.45) is 0 Å². The average molecular weight is 463 g/mol. The number of amides is 1. The van der Waals surface area contributed by atoms with Gasteiger partial charge in [0, 0.05) is 18.1 Å². The number of carbonyl (C=O) groups is 1. The zero-order valence-corrected chi connectivity index (χ0v) is 17.7. The molecule has 1 amide bonds. The Morgan fingerprint density at radius 3 is 2.78 bits per heavy atom. The van der Waals surface area contributed by atoms with Gasteiger partial charge in [-0.3, -0.25) is 9.78 Å². The SMILES string of the molecule is O=CNC1=CSC(CCNCc2nc3ccccc3[nH]2)N1Cc1ccc(C(F)(F)F)nc1. The zero-order chi connectivity index (χ0) is 22.6. The summed E-state index contributed by atoms with van der Waals surface area (Å²) >= 11 is 1.55. The highest BCUT2D eigenvalue weighted by atomic mass is 32.2. The summed E-state index contributed by atoms with van der Waals surface area (Å²) in [6.07, 6.45) is -1.91. The molecule has 4 rings (SSSR count). The smallest absolute Gasteiger partial charge is 0.341 e. The Kier molecular flexibility index (Phi) is 6.66. The highest BCUT2D eigenvalue weighted by Gasteiger charge is 2.32. The number of pyridine rings is 1. The lowest BCUT2D eigenvalue weighted by atomic mass is 10.2. The number of imidazole rings is 1. The van der Waals surface area contributed by atoms with E-state index in [1.165, 1.54) is 12.3 Å². The number of benzene rings is 1. The van der Waals surface area contributed by atoms with E-state index < -0.39 is 11.9 Å². The van der Waals surface area contributed by atoms with Gasteiger partial charge in [0.05, 0.1) is 23.0 Å². The summed E-state index contributed by atoms with van der Waals surface area (Å²) in [5.74, 6) is 1.46. The Morgan fingerprint density at radius 2 is 2.06 bits per heavy atom. The maximum Gasteiger partial charge on any atom is 0.433 e. The van der Waals surface area contributed by atoms with Crippen LogP contribution in [0.3, 0.4) is 0 Å². The summed E-state index contributed by atoms with van der Waals surface area (Å²) < 4.78 is 38.3. The fourth-order valence-electron chi connectivity index (χ4n) is 3.43. The molecule has 3 heterocycles. The second-order valence-corrected chi connectivity index (χ2v) is 8.25. The first kappa shape index (κ1) is 22.2. The molecule has 0 aliphatic carbocycles. The first-order valence-corrected chi connectivity index (χ1v) is 10.9. The molecule has 1 aliphatic heterocycles. The second-order valence-electron chi connectivity index (χ2n) is 7.20. The molecule has 0 saturated carbocycles. The lowest BCUT2D eigenvalue weighted by Gasteiger charge is -2.28. The first-order valence-electron chi connectivity index (χ1n) is 9.93. The number of halogens is 3. The van der Waals surface area contributed by atoms with Crippen LogP contribution >= 0.6 is 11.8 Å². The van der Waals surface area contributed by atoms with E-state index in [1.54, 1.807) is 11.8 Å². The van der Waals surface area contributed by atoms with Crippen LogP contribution in [0.5, 0.6) is 0 Å². The first-order chi connectivity index (χ1) is 15.4. The number of thioether (sulfide) groups is 1. The summed E-state index contributed by atoms with van der Waals surface area (Å²) in [6, 6.07) is 10.2. The summed E-state index contributed by atoms with van der Waals surface area (Å²) in [5.41, 5.74) is 1.60. The number of nitrogens with zero attached hydrogens (tertiary/aromatic N) is 3. The van der Waals surface area contributed by atoms with Gasteiger partial charge in [-0.25, -0.2) is 4.98 Å². The van der Waals surface area contributed by atoms with Gasteiger partial charge in [0.25, 0.3) is 0 Å². The van der Waals surface area contributed by atoms with Gasteiger partial charge in [0.15, 0.2) is 0 Å². The molecule has 1 aliphatic rings. The van der Waals surface area contributed by atoms with Crippen LogP contribution in [0.25, 0.3) is 11.0 Å². The van der Waals surface area contributed by atoms with E-state index in [0.717, 1.165) is 29.3 Å². The molecule has 1 atom stereocenters. The van der Waals surface area contributed by atoms with Crippen molar-refractivity contribution in [1.82, 2.24) is 30.5 Å². The Bertz CT molecular complexity index is 1070. The number of alkyl halides is 3. The van der Waals surface area contributed by atoms with Gasteiger partial charge in [0.2, 0.25) is 6.41 Å². The van der Waals surface area contributed by atoms with Gasteiger partial charge in [-0.05, 0) is 36.7 Å². The minimum atomic E-state index is -4.47. The van der Waals surface area contributed by atoms with Crippen LogP contribution in [-0.4, -0.2) is 38.2 Å². The van der Waals surface area contributed by atoms with Crippen LogP contribution in [0.1, 0.15) is 23.5 Å². The molecule has 1 unspecified atom stereocenters. The minimum Gasteiger partial charge on any atom is -0.341 e. The predicted octanol–water partition coefficient (Wildman–Crippen LogP) is 3.58. The van der Waals surface area contributed by atoms with Crippen molar-refractivity contribution in [1.29, 1.82) is 0 Å². The van der Waals surface area contributed by atoms with E-state index in [9.17, 15) is 18.0 Å².